The van der Waals surface area contributed by atoms with Crippen LogP contribution < -0.4 is 4.90 Å². The quantitative estimate of drug-likeness (QED) is 0.911. The molecule has 4 nitrogen and oxygen atoms in total. The van der Waals surface area contributed by atoms with E-state index in [1.807, 2.05) is 18.2 Å². The van der Waals surface area contributed by atoms with Crippen molar-refractivity contribution >= 4 is 17.3 Å². The third-order valence-corrected chi connectivity index (χ3v) is 5.87. The van der Waals surface area contributed by atoms with Crippen molar-refractivity contribution in [2.24, 2.45) is 0 Å². The van der Waals surface area contributed by atoms with Crippen LogP contribution in [0, 0.1) is 0 Å². The minimum absolute atomic E-state index is 0.334. The lowest BCUT2D eigenvalue weighted by Crippen LogP contribution is -2.47. The molecule has 0 aliphatic carbocycles. The molecule has 2 saturated heterocycles. The highest BCUT2D eigenvalue weighted by molar-refractivity contribution is 5.88. The number of aromatic carboxylic acids is 1. The Morgan fingerprint density at radius 3 is 2.08 bits per heavy atom. The molecule has 2 bridgehead atoms. The molecule has 0 radical (unpaired) electrons. The van der Waals surface area contributed by atoms with Crippen LogP contribution in [-0.4, -0.2) is 41.1 Å². The molecule has 2 fully saturated rings. The average Bonchev–Trinajstić information content (AvgIpc) is 2.84. The number of piperidine rings is 1. The number of anilines is 2. The molecule has 2 aromatic rings. The van der Waals surface area contributed by atoms with E-state index in [0.29, 0.717) is 23.7 Å². The summed E-state index contributed by atoms with van der Waals surface area (Å²) in [6.07, 6.45) is 4.89. The molecule has 2 aliphatic rings. The van der Waals surface area contributed by atoms with Gasteiger partial charge in [0, 0.05) is 29.5 Å². The second-order valence-corrected chi connectivity index (χ2v) is 7.23. The standard InChI is InChI=1S/C21H24N2O2/c1-22-18-11-12-19(22)14-20(13-18)23(16-5-3-2-4-6-16)17-9-7-15(8-10-17)21(24)25/h2-10,18-20H,11-14H2,1H3,(H,24,25)/t18-,19+,20+. The zero-order chi connectivity index (χ0) is 17.4. The molecule has 130 valence electrons. The van der Waals surface area contributed by atoms with Gasteiger partial charge in [-0.05, 0) is 69.1 Å². The van der Waals surface area contributed by atoms with Crippen molar-refractivity contribution in [2.75, 3.05) is 11.9 Å². The molecule has 2 heterocycles. The lowest BCUT2D eigenvalue weighted by atomic mass is 9.95. The van der Waals surface area contributed by atoms with Crippen LogP contribution in [0.2, 0.25) is 0 Å². The van der Waals surface area contributed by atoms with Gasteiger partial charge in [-0.1, -0.05) is 18.2 Å². The van der Waals surface area contributed by atoms with Crippen molar-refractivity contribution < 1.29 is 9.90 Å². The van der Waals surface area contributed by atoms with Crippen molar-refractivity contribution in [1.29, 1.82) is 0 Å². The minimum atomic E-state index is -0.879. The van der Waals surface area contributed by atoms with Crippen molar-refractivity contribution in [2.45, 2.75) is 43.8 Å². The lowest BCUT2D eigenvalue weighted by molar-refractivity contribution is 0.0697. The first kappa shape index (κ1) is 16.2. The molecule has 25 heavy (non-hydrogen) atoms. The molecule has 3 atom stereocenters. The summed E-state index contributed by atoms with van der Waals surface area (Å²) in [6, 6.07) is 19.5. The van der Waals surface area contributed by atoms with E-state index in [2.05, 4.69) is 41.1 Å². The third-order valence-electron chi connectivity index (χ3n) is 5.87. The zero-order valence-corrected chi connectivity index (χ0v) is 14.5. The van der Waals surface area contributed by atoms with Crippen molar-refractivity contribution in [3.8, 4) is 0 Å². The van der Waals surface area contributed by atoms with Crippen LogP contribution in [0.15, 0.2) is 54.6 Å². The second-order valence-electron chi connectivity index (χ2n) is 7.23. The van der Waals surface area contributed by atoms with Crippen LogP contribution in [0.4, 0.5) is 11.4 Å². The summed E-state index contributed by atoms with van der Waals surface area (Å²) in [7, 11) is 2.26. The van der Waals surface area contributed by atoms with Crippen LogP contribution in [0.1, 0.15) is 36.0 Å². The van der Waals surface area contributed by atoms with Gasteiger partial charge in [-0.25, -0.2) is 4.79 Å². The fraction of sp³-hybridized carbons (Fsp3) is 0.381. The predicted octanol–water partition coefficient (Wildman–Crippen LogP) is 4.15. The van der Waals surface area contributed by atoms with Gasteiger partial charge in [-0.15, -0.1) is 0 Å². The summed E-state index contributed by atoms with van der Waals surface area (Å²) < 4.78 is 0. The highest BCUT2D eigenvalue weighted by Gasteiger charge is 2.40. The van der Waals surface area contributed by atoms with Crippen LogP contribution in [-0.2, 0) is 0 Å². The average molecular weight is 336 g/mol. The van der Waals surface area contributed by atoms with E-state index in [-0.39, 0.29) is 0 Å². The Hall–Kier alpha value is -2.33. The molecular weight excluding hydrogens is 312 g/mol. The highest BCUT2D eigenvalue weighted by Crippen LogP contribution is 2.40. The molecule has 0 saturated carbocycles. The number of fused-ring (bicyclic) bond motifs is 2. The molecule has 4 heteroatoms. The zero-order valence-electron chi connectivity index (χ0n) is 14.5. The number of benzene rings is 2. The van der Waals surface area contributed by atoms with Gasteiger partial charge in [0.25, 0.3) is 0 Å². The fourth-order valence-electron chi connectivity index (χ4n) is 4.52. The van der Waals surface area contributed by atoms with E-state index in [4.69, 9.17) is 5.11 Å². The van der Waals surface area contributed by atoms with Gasteiger partial charge in [0.15, 0.2) is 0 Å². The first-order chi connectivity index (χ1) is 12.1. The maximum absolute atomic E-state index is 11.2. The van der Waals surface area contributed by atoms with Gasteiger partial charge < -0.3 is 14.9 Å². The molecule has 4 rings (SSSR count). The van der Waals surface area contributed by atoms with E-state index in [9.17, 15) is 4.79 Å². The first-order valence-electron chi connectivity index (χ1n) is 9.03. The molecule has 0 spiro atoms. The largest absolute Gasteiger partial charge is 0.478 e. The summed E-state index contributed by atoms with van der Waals surface area (Å²) in [5.74, 6) is -0.879. The number of carboxylic acid groups (broad SMARTS) is 1. The maximum atomic E-state index is 11.2. The monoisotopic (exact) mass is 336 g/mol. The number of hydrogen-bond donors (Lipinski definition) is 1. The summed E-state index contributed by atoms with van der Waals surface area (Å²) in [6.45, 7) is 0. The predicted molar refractivity (Wildman–Crippen MR) is 99.6 cm³/mol. The number of nitrogens with zero attached hydrogens (tertiary/aromatic N) is 2. The topological polar surface area (TPSA) is 43.8 Å². The Kier molecular flexibility index (Phi) is 4.22. The Bertz CT molecular complexity index is 730. The fourth-order valence-corrected chi connectivity index (χ4v) is 4.52. The summed E-state index contributed by atoms with van der Waals surface area (Å²) in [4.78, 5) is 16.1. The van der Waals surface area contributed by atoms with E-state index in [1.54, 1.807) is 12.1 Å². The molecule has 1 N–H and O–H groups in total. The SMILES string of the molecule is CN1[C@@H]2CC[C@H]1C[C@@H](N(c1ccccc1)c1ccc(C(=O)O)cc1)C2. The van der Waals surface area contributed by atoms with E-state index in [1.165, 1.54) is 18.5 Å². The first-order valence-corrected chi connectivity index (χ1v) is 9.03. The van der Waals surface area contributed by atoms with Crippen molar-refractivity contribution in [3.63, 3.8) is 0 Å². The Balaban J connectivity index is 1.69. The number of para-hydroxylation sites is 1. The molecule has 0 aromatic heterocycles. The number of carbonyl (C=O) groups is 1. The van der Waals surface area contributed by atoms with Crippen molar-refractivity contribution in [3.05, 3.63) is 60.2 Å². The second kappa shape index (κ2) is 6.52. The summed E-state index contributed by atoms with van der Waals surface area (Å²) in [5, 5.41) is 9.17. The van der Waals surface area contributed by atoms with Crippen LogP contribution in [0.5, 0.6) is 0 Å². The van der Waals surface area contributed by atoms with Crippen LogP contribution >= 0.6 is 0 Å². The normalized spacial score (nSPS) is 25.7. The number of hydrogen-bond acceptors (Lipinski definition) is 3. The van der Waals surface area contributed by atoms with Gasteiger partial charge in [0.05, 0.1) is 5.56 Å². The highest BCUT2D eigenvalue weighted by atomic mass is 16.4. The number of carboxylic acids is 1. The maximum Gasteiger partial charge on any atom is 0.335 e. The van der Waals surface area contributed by atoms with E-state index >= 15 is 0 Å². The van der Waals surface area contributed by atoms with Crippen LogP contribution in [0.25, 0.3) is 0 Å². The van der Waals surface area contributed by atoms with Crippen LogP contribution in [0.3, 0.4) is 0 Å². The van der Waals surface area contributed by atoms with E-state index < -0.39 is 5.97 Å². The number of rotatable bonds is 4. The van der Waals surface area contributed by atoms with Gasteiger partial charge in [0.1, 0.15) is 0 Å². The van der Waals surface area contributed by atoms with Gasteiger partial charge in [-0.3, -0.25) is 0 Å². The van der Waals surface area contributed by atoms with Gasteiger partial charge in [-0.2, -0.15) is 0 Å². The third kappa shape index (κ3) is 3.02. The van der Waals surface area contributed by atoms with Crippen molar-refractivity contribution in [1.82, 2.24) is 4.90 Å². The molecule has 0 amide bonds. The molecule has 0 unspecified atom stereocenters. The Morgan fingerprint density at radius 2 is 1.52 bits per heavy atom. The molecule has 2 aliphatic heterocycles. The molecular formula is C21H24N2O2. The Labute approximate surface area is 148 Å². The van der Waals surface area contributed by atoms with Gasteiger partial charge >= 0.3 is 5.97 Å². The van der Waals surface area contributed by atoms with E-state index in [0.717, 1.165) is 18.5 Å². The smallest absolute Gasteiger partial charge is 0.335 e. The summed E-state index contributed by atoms with van der Waals surface area (Å²) in [5.41, 5.74) is 2.59. The van der Waals surface area contributed by atoms with Gasteiger partial charge in [0.2, 0.25) is 0 Å². The Morgan fingerprint density at radius 1 is 0.960 bits per heavy atom. The minimum Gasteiger partial charge on any atom is -0.478 e. The summed E-state index contributed by atoms with van der Waals surface area (Å²) >= 11 is 0. The lowest BCUT2D eigenvalue weighted by Gasteiger charge is -2.43. The molecule has 2 aromatic carbocycles.